The van der Waals surface area contributed by atoms with E-state index in [1.807, 2.05) is 0 Å². The van der Waals surface area contributed by atoms with Crippen LogP contribution in [0.15, 0.2) is 24.3 Å². The van der Waals surface area contributed by atoms with E-state index in [0.29, 0.717) is 11.4 Å². The summed E-state index contributed by atoms with van der Waals surface area (Å²) in [4.78, 5) is 34.0. The molecule has 0 radical (unpaired) electrons. The summed E-state index contributed by atoms with van der Waals surface area (Å²) in [6.07, 6.45) is -0.523. The van der Waals surface area contributed by atoms with E-state index in [-0.39, 0.29) is 25.4 Å². The lowest BCUT2D eigenvalue weighted by Gasteiger charge is -2.21. The zero-order valence-corrected chi connectivity index (χ0v) is 13.5. The minimum absolute atomic E-state index is 0.0805. The highest BCUT2D eigenvalue weighted by molar-refractivity contribution is 5.92. The lowest BCUT2D eigenvalue weighted by atomic mass is 9.85. The fraction of sp³-hybridized carbons (Fsp3) is 0.438. The summed E-state index contributed by atoms with van der Waals surface area (Å²) in [6.45, 7) is 5.45. The maximum atomic E-state index is 12.0. The number of carboxylic acid groups (broad SMARTS) is 1. The van der Waals surface area contributed by atoms with Crippen molar-refractivity contribution in [3.05, 3.63) is 24.3 Å². The highest BCUT2D eigenvalue weighted by Gasteiger charge is 2.25. The standard InChI is InChI=1S/C16H22N2O5/c1-4-23-15(22)18-12-7-5-11(6-8-12)17-13(19)9-16(2,3)10-14(20)21/h5-8H,4,9-10H2,1-3H3,(H,17,19)(H,18,22)(H,20,21). The number of carbonyl (C=O) groups is 3. The number of rotatable bonds is 7. The Morgan fingerprint density at radius 2 is 1.57 bits per heavy atom. The summed E-state index contributed by atoms with van der Waals surface area (Å²) in [5.74, 6) is -1.19. The Morgan fingerprint density at radius 3 is 2.04 bits per heavy atom. The van der Waals surface area contributed by atoms with Crippen molar-refractivity contribution >= 4 is 29.3 Å². The van der Waals surface area contributed by atoms with E-state index >= 15 is 0 Å². The normalized spacial score (nSPS) is 10.7. The molecule has 23 heavy (non-hydrogen) atoms. The van der Waals surface area contributed by atoms with Crippen LogP contribution in [0.2, 0.25) is 0 Å². The van der Waals surface area contributed by atoms with Gasteiger partial charge in [0.2, 0.25) is 5.91 Å². The molecule has 1 aromatic rings. The number of carbonyl (C=O) groups excluding carboxylic acids is 2. The van der Waals surface area contributed by atoms with Crippen molar-refractivity contribution in [3.8, 4) is 0 Å². The summed E-state index contributed by atoms with van der Waals surface area (Å²) >= 11 is 0. The molecule has 2 amide bonds. The minimum atomic E-state index is -0.933. The first kappa shape index (κ1) is 18.5. The molecule has 0 saturated heterocycles. The summed E-state index contributed by atoms with van der Waals surface area (Å²) in [5, 5.41) is 14.1. The first-order valence-electron chi connectivity index (χ1n) is 7.27. The molecule has 3 N–H and O–H groups in total. The van der Waals surface area contributed by atoms with Gasteiger partial charge in [-0.2, -0.15) is 0 Å². The van der Waals surface area contributed by atoms with E-state index < -0.39 is 17.5 Å². The SMILES string of the molecule is CCOC(=O)Nc1ccc(NC(=O)CC(C)(C)CC(=O)O)cc1. The maximum Gasteiger partial charge on any atom is 0.411 e. The fourth-order valence-corrected chi connectivity index (χ4v) is 2.03. The average Bonchev–Trinajstić information content (AvgIpc) is 2.38. The second kappa shape index (κ2) is 8.17. The number of anilines is 2. The first-order chi connectivity index (χ1) is 10.7. The summed E-state index contributed by atoms with van der Waals surface area (Å²) in [5.41, 5.74) is 0.490. The van der Waals surface area contributed by atoms with Crippen molar-refractivity contribution in [2.24, 2.45) is 5.41 Å². The van der Waals surface area contributed by atoms with Crippen LogP contribution in [0.5, 0.6) is 0 Å². The van der Waals surface area contributed by atoms with Gasteiger partial charge in [0.25, 0.3) is 0 Å². The molecule has 0 bridgehead atoms. The van der Waals surface area contributed by atoms with Crippen molar-refractivity contribution in [3.63, 3.8) is 0 Å². The number of carboxylic acids is 1. The predicted molar refractivity (Wildman–Crippen MR) is 86.4 cm³/mol. The molecule has 7 heteroatoms. The van der Waals surface area contributed by atoms with Crippen LogP contribution in [0.1, 0.15) is 33.6 Å². The first-order valence-corrected chi connectivity index (χ1v) is 7.27. The van der Waals surface area contributed by atoms with Crippen molar-refractivity contribution in [2.45, 2.75) is 33.6 Å². The predicted octanol–water partition coefficient (Wildman–Crippen LogP) is 3.08. The van der Waals surface area contributed by atoms with Crippen LogP contribution >= 0.6 is 0 Å². The molecule has 0 heterocycles. The van der Waals surface area contributed by atoms with Crippen LogP contribution in [0.4, 0.5) is 16.2 Å². The quantitative estimate of drug-likeness (QED) is 0.715. The number of ether oxygens (including phenoxy) is 1. The van der Waals surface area contributed by atoms with Gasteiger partial charge in [0.05, 0.1) is 13.0 Å². The number of nitrogens with one attached hydrogen (secondary N) is 2. The molecule has 0 aromatic heterocycles. The maximum absolute atomic E-state index is 12.0. The van der Waals surface area contributed by atoms with Gasteiger partial charge < -0.3 is 15.2 Å². The van der Waals surface area contributed by atoms with Crippen molar-refractivity contribution in [1.82, 2.24) is 0 Å². The second-order valence-corrected chi connectivity index (χ2v) is 5.88. The Labute approximate surface area is 135 Å². The zero-order valence-electron chi connectivity index (χ0n) is 13.5. The fourth-order valence-electron chi connectivity index (χ4n) is 2.03. The highest BCUT2D eigenvalue weighted by atomic mass is 16.5. The second-order valence-electron chi connectivity index (χ2n) is 5.88. The molecule has 0 saturated carbocycles. The van der Waals surface area contributed by atoms with Gasteiger partial charge in [-0.05, 0) is 36.6 Å². The van der Waals surface area contributed by atoms with Crippen molar-refractivity contribution < 1.29 is 24.2 Å². The van der Waals surface area contributed by atoms with E-state index in [1.165, 1.54) is 0 Å². The molecule has 0 fully saturated rings. The van der Waals surface area contributed by atoms with Gasteiger partial charge in [0, 0.05) is 17.8 Å². The topological polar surface area (TPSA) is 105 Å². The Hall–Kier alpha value is -2.57. The van der Waals surface area contributed by atoms with Gasteiger partial charge in [-0.1, -0.05) is 13.8 Å². The Morgan fingerprint density at radius 1 is 1.04 bits per heavy atom. The van der Waals surface area contributed by atoms with Gasteiger partial charge in [-0.25, -0.2) is 4.79 Å². The van der Waals surface area contributed by atoms with Crippen LogP contribution in [0.25, 0.3) is 0 Å². The van der Waals surface area contributed by atoms with Gasteiger partial charge in [-0.3, -0.25) is 14.9 Å². The van der Waals surface area contributed by atoms with Crippen molar-refractivity contribution in [2.75, 3.05) is 17.2 Å². The van der Waals surface area contributed by atoms with E-state index in [2.05, 4.69) is 10.6 Å². The third-order valence-corrected chi connectivity index (χ3v) is 2.96. The molecule has 0 spiro atoms. The van der Waals surface area contributed by atoms with Crippen LogP contribution in [-0.2, 0) is 14.3 Å². The van der Waals surface area contributed by atoms with E-state index in [0.717, 1.165) is 0 Å². The summed E-state index contributed by atoms with van der Waals surface area (Å²) < 4.78 is 4.76. The van der Waals surface area contributed by atoms with Gasteiger partial charge in [-0.15, -0.1) is 0 Å². The summed E-state index contributed by atoms with van der Waals surface area (Å²) in [7, 11) is 0. The minimum Gasteiger partial charge on any atom is -0.481 e. The van der Waals surface area contributed by atoms with Crippen LogP contribution in [-0.4, -0.2) is 29.7 Å². The summed E-state index contributed by atoms with van der Waals surface area (Å²) in [6, 6.07) is 6.55. The third-order valence-electron chi connectivity index (χ3n) is 2.96. The molecule has 0 aliphatic rings. The van der Waals surface area contributed by atoms with E-state index in [4.69, 9.17) is 9.84 Å². The average molecular weight is 322 g/mol. The van der Waals surface area contributed by atoms with Gasteiger partial charge in [0.15, 0.2) is 0 Å². The smallest absolute Gasteiger partial charge is 0.411 e. The molecular weight excluding hydrogens is 300 g/mol. The Balaban J connectivity index is 2.56. The molecule has 1 aromatic carbocycles. The molecule has 1 rings (SSSR count). The molecule has 0 unspecified atom stereocenters. The highest BCUT2D eigenvalue weighted by Crippen LogP contribution is 2.25. The molecule has 7 nitrogen and oxygen atoms in total. The lowest BCUT2D eigenvalue weighted by molar-refractivity contribution is -0.139. The largest absolute Gasteiger partial charge is 0.481 e. The van der Waals surface area contributed by atoms with Crippen LogP contribution in [0.3, 0.4) is 0 Å². The number of hydrogen-bond donors (Lipinski definition) is 3. The number of amides is 2. The Kier molecular flexibility index (Phi) is 6.56. The van der Waals surface area contributed by atoms with Crippen LogP contribution < -0.4 is 10.6 Å². The third kappa shape index (κ3) is 7.30. The number of aliphatic carboxylic acids is 1. The van der Waals surface area contributed by atoms with Gasteiger partial charge in [0.1, 0.15) is 0 Å². The molecule has 126 valence electrons. The molecule has 0 atom stereocenters. The number of hydrogen-bond acceptors (Lipinski definition) is 4. The van der Waals surface area contributed by atoms with E-state index in [1.54, 1.807) is 45.0 Å². The molecule has 0 aliphatic carbocycles. The van der Waals surface area contributed by atoms with Gasteiger partial charge >= 0.3 is 12.1 Å². The van der Waals surface area contributed by atoms with Crippen molar-refractivity contribution in [1.29, 1.82) is 0 Å². The Bertz CT molecular complexity index is 566. The van der Waals surface area contributed by atoms with E-state index in [9.17, 15) is 14.4 Å². The monoisotopic (exact) mass is 322 g/mol. The number of benzene rings is 1. The molecule has 0 aliphatic heterocycles. The van der Waals surface area contributed by atoms with Crippen LogP contribution in [0, 0.1) is 5.41 Å². The lowest BCUT2D eigenvalue weighted by Crippen LogP contribution is -2.24. The molecular formula is C16H22N2O5. The zero-order chi connectivity index (χ0) is 17.5.